The van der Waals surface area contributed by atoms with Crippen LogP contribution < -0.4 is 10.5 Å². The highest BCUT2D eigenvalue weighted by molar-refractivity contribution is 6.32. The minimum Gasteiger partial charge on any atom is -0.479 e. The molecule has 0 aliphatic carbocycles. The normalized spacial score (nSPS) is 12.1. The first-order valence-corrected chi connectivity index (χ1v) is 9.14. The number of fused-ring (bicyclic) bond motifs is 1. The zero-order chi connectivity index (χ0) is 20.6. The molecular formula is C21H21ClN2O4. The summed E-state index contributed by atoms with van der Waals surface area (Å²) in [4.78, 5) is 22.5. The van der Waals surface area contributed by atoms with Gasteiger partial charge in [-0.3, -0.25) is 4.79 Å². The molecule has 0 saturated heterocycles. The maximum atomic E-state index is 11.5. The summed E-state index contributed by atoms with van der Waals surface area (Å²) in [6, 6.07) is 10.7. The smallest absolute Gasteiger partial charge is 0.344 e. The molecule has 3 N–H and O–H groups in total. The van der Waals surface area contributed by atoms with Crippen molar-refractivity contribution in [2.75, 3.05) is 0 Å². The standard InChI is InChI=1S/C21H21ClN2O4/c1-11-12(2)24(18-7-5-15(20(23)25)9-16(11)18)10-14-4-6-17(22)19(8-14)28-13(3)21(26)27/h4-9,13H,10H2,1-3H3,(H2,23,25)(H,26,27). The molecule has 0 saturated carbocycles. The van der Waals surface area contributed by atoms with Crippen molar-refractivity contribution in [3.8, 4) is 5.75 Å². The van der Waals surface area contributed by atoms with Crippen molar-refractivity contribution in [2.45, 2.75) is 33.4 Å². The molecule has 3 aromatic rings. The van der Waals surface area contributed by atoms with Gasteiger partial charge in [0.05, 0.1) is 5.02 Å². The molecule has 0 aliphatic heterocycles. The number of ether oxygens (including phenoxy) is 1. The third-order valence-electron chi connectivity index (χ3n) is 4.91. The third kappa shape index (κ3) is 3.68. The van der Waals surface area contributed by atoms with Crippen LogP contribution in [0.5, 0.6) is 5.75 Å². The number of primary amides is 1. The summed E-state index contributed by atoms with van der Waals surface area (Å²) >= 11 is 6.16. The van der Waals surface area contributed by atoms with Crippen LogP contribution in [0.3, 0.4) is 0 Å². The largest absolute Gasteiger partial charge is 0.479 e. The molecule has 7 heteroatoms. The summed E-state index contributed by atoms with van der Waals surface area (Å²) in [6.45, 7) is 6.01. The third-order valence-corrected chi connectivity index (χ3v) is 5.22. The van der Waals surface area contributed by atoms with Gasteiger partial charge in [-0.25, -0.2) is 4.79 Å². The Bertz CT molecular complexity index is 1090. The highest BCUT2D eigenvalue weighted by Crippen LogP contribution is 2.30. The van der Waals surface area contributed by atoms with Crippen LogP contribution in [-0.2, 0) is 11.3 Å². The van der Waals surface area contributed by atoms with Crippen molar-refractivity contribution in [3.05, 3.63) is 63.8 Å². The number of nitrogens with two attached hydrogens (primary N) is 1. The van der Waals surface area contributed by atoms with Crippen LogP contribution in [-0.4, -0.2) is 27.7 Å². The van der Waals surface area contributed by atoms with E-state index >= 15 is 0 Å². The second-order valence-electron chi connectivity index (χ2n) is 6.76. The Morgan fingerprint density at radius 1 is 1.21 bits per heavy atom. The lowest BCUT2D eigenvalue weighted by atomic mass is 10.1. The van der Waals surface area contributed by atoms with Gasteiger partial charge >= 0.3 is 5.97 Å². The number of carbonyl (C=O) groups is 2. The van der Waals surface area contributed by atoms with Crippen LogP contribution >= 0.6 is 11.6 Å². The van der Waals surface area contributed by atoms with Crippen LogP contribution in [0, 0.1) is 13.8 Å². The average Bonchev–Trinajstić information content (AvgIpc) is 2.88. The number of nitrogens with zero attached hydrogens (tertiary/aromatic N) is 1. The Morgan fingerprint density at radius 3 is 2.57 bits per heavy atom. The summed E-state index contributed by atoms with van der Waals surface area (Å²) in [5, 5.41) is 10.4. The number of hydrogen-bond donors (Lipinski definition) is 2. The molecule has 1 amide bonds. The number of hydrogen-bond acceptors (Lipinski definition) is 3. The topological polar surface area (TPSA) is 94.6 Å². The van der Waals surface area contributed by atoms with Crippen LogP contribution in [0.1, 0.15) is 34.1 Å². The van der Waals surface area contributed by atoms with Crippen LogP contribution in [0.25, 0.3) is 10.9 Å². The number of aromatic nitrogens is 1. The van der Waals surface area contributed by atoms with E-state index in [0.29, 0.717) is 22.9 Å². The van der Waals surface area contributed by atoms with E-state index in [-0.39, 0.29) is 0 Å². The van der Waals surface area contributed by atoms with Gasteiger partial charge in [-0.1, -0.05) is 17.7 Å². The Morgan fingerprint density at radius 2 is 1.93 bits per heavy atom. The zero-order valence-electron chi connectivity index (χ0n) is 15.8. The molecule has 1 unspecified atom stereocenters. The number of halogens is 1. The van der Waals surface area contributed by atoms with E-state index in [2.05, 4.69) is 4.57 Å². The van der Waals surface area contributed by atoms with Crippen LogP contribution in [0.4, 0.5) is 0 Å². The number of rotatable bonds is 6. The molecule has 1 heterocycles. The second-order valence-corrected chi connectivity index (χ2v) is 7.16. The lowest BCUT2D eigenvalue weighted by Crippen LogP contribution is -2.23. The van der Waals surface area contributed by atoms with Crippen molar-refractivity contribution >= 4 is 34.4 Å². The molecule has 1 aromatic heterocycles. The molecule has 0 fully saturated rings. The highest BCUT2D eigenvalue weighted by Gasteiger charge is 2.16. The molecular weight excluding hydrogens is 380 g/mol. The van der Waals surface area contributed by atoms with Gasteiger partial charge in [-0.15, -0.1) is 0 Å². The van der Waals surface area contributed by atoms with E-state index in [9.17, 15) is 9.59 Å². The van der Waals surface area contributed by atoms with Crippen LogP contribution in [0.2, 0.25) is 5.02 Å². The molecule has 3 rings (SSSR count). The number of benzene rings is 2. The van der Waals surface area contributed by atoms with Crippen molar-refractivity contribution in [3.63, 3.8) is 0 Å². The molecule has 1 atom stereocenters. The monoisotopic (exact) mass is 400 g/mol. The number of carboxylic acid groups (broad SMARTS) is 1. The fourth-order valence-electron chi connectivity index (χ4n) is 3.17. The summed E-state index contributed by atoms with van der Waals surface area (Å²) in [7, 11) is 0. The molecule has 2 aromatic carbocycles. The SMILES string of the molecule is Cc1c(C)n(Cc2ccc(Cl)c(OC(C)C(=O)O)c2)c2ccc(C(N)=O)cc12. The summed E-state index contributed by atoms with van der Waals surface area (Å²) in [5.74, 6) is -1.19. The Balaban J connectivity index is 2.00. The predicted octanol–water partition coefficient (Wildman–Crippen LogP) is 3.91. The van der Waals surface area contributed by atoms with Gasteiger partial charge in [0.25, 0.3) is 0 Å². The van der Waals surface area contributed by atoms with E-state index in [0.717, 1.165) is 27.7 Å². The molecule has 0 radical (unpaired) electrons. The quantitative estimate of drug-likeness (QED) is 0.655. The minimum absolute atomic E-state index is 0.330. The van der Waals surface area contributed by atoms with E-state index in [1.165, 1.54) is 6.92 Å². The van der Waals surface area contributed by atoms with Crippen molar-refractivity contribution in [1.29, 1.82) is 0 Å². The van der Waals surface area contributed by atoms with Gasteiger partial charge in [0.2, 0.25) is 5.91 Å². The number of aliphatic carboxylic acids is 1. The average molecular weight is 401 g/mol. The van der Waals surface area contributed by atoms with E-state index in [4.69, 9.17) is 27.2 Å². The van der Waals surface area contributed by atoms with Crippen molar-refractivity contribution in [2.24, 2.45) is 5.73 Å². The van der Waals surface area contributed by atoms with Gasteiger partial charge in [-0.2, -0.15) is 0 Å². The number of carboxylic acids is 1. The molecule has 0 spiro atoms. The number of carbonyl (C=O) groups excluding carboxylic acids is 1. The van der Waals surface area contributed by atoms with E-state index in [1.807, 2.05) is 26.0 Å². The Hall–Kier alpha value is -2.99. The molecule has 146 valence electrons. The first kappa shape index (κ1) is 19.8. The Labute approximate surface area is 167 Å². The van der Waals surface area contributed by atoms with E-state index < -0.39 is 18.0 Å². The number of amides is 1. The predicted molar refractivity (Wildman–Crippen MR) is 108 cm³/mol. The fraction of sp³-hybridized carbons (Fsp3) is 0.238. The fourth-order valence-corrected chi connectivity index (χ4v) is 3.33. The lowest BCUT2D eigenvalue weighted by Gasteiger charge is -2.14. The second kappa shape index (κ2) is 7.56. The van der Waals surface area contributed by atoms with Gasteiger partial charge in [0, 0.05) is 28.7 Å². The zero-order valence-corrected chi connectivity index (χ0v) is 16.6. The van der Waals surface area contributed by atoms with Gasteiger partial charge < -0.3 is 20.1 Å². The maximum absolute atomic E-state index is 11.5. The van der Waals surface area contributed by atoms with Crippen molar-refractivity contribution in [1.82, 2.24) is 4.57 Å². The molecule has 6 nitrogen and oxygen atoms in total. The number of aryl methyl sites for hydroxylation is 1. The van der Waals surface area contributed by atoms with Crippen LogP contribution in [0.15, 0.2) is 36.4 Å². The highest BCUT2D eigenvalue weighted by atomic mass is 35.5. The van der Waals surface area contributed by atoms with Gasteiger partial charge in [0.15, 0.2) is 6.10 Å². The first-order chi connectivity index (χ1) is 13.2. The molecule has 28 heavy (non-hydrogen) atoms. The molecule has 0 bridgehead atoms. The van der Waals surface area contributed by atoms with E-state index in [1.54, 1.807) is 24.3 Å². The molecule has 0 aliphatic rings. The maximum Gasteiger partial charge on any atom is 0.344 e. The van der Waals surface area contributed by atoms with Gasteiger partial charge in [-0.05, 0) is 62.2 Å². The summed E-state index contributed by atoms with van der Waals surface area (Å²) in [6.07, 6.45) is -1.00. The minimum atomic E-state index is -1.06. The van der Waals surface area contributed by atoms with Crippen molar-refractivity contribution < 1.29 is 19.4 Å². The lowest BCUT2D eigenvalue weighted by molar-refractivity contribution is -0.144. The first-order valence-electron chi connectivity index (χ1n) is 8.76. The van der Waals surface area contributed by atoms with Gasteiger partial charge in [0.1, 0.15) is 5.75 Å². The summed E-state index contributed by atoms with van der Waals surface area (Å²) < 4.78 is 7.59. The summed E-state index contributed by atoms with van der Waals surface area (Å²) in [5.41, 5.74) is 9.90. The Kier molecular flexibility index (Phi) is 5.34.